The monoisotopic (exact) mass is 415 g/mol. The van der Waals surface area contributed by atoms with Crippen LogP contribution in [0.15, 0.2) is 58.4 Å². The van der Waals surface area contributed by atoms with Gasteiger partial charge in [-0.15, -0.1) is 0 Å². The van der Waals surface area contributed by atoms with Crippen molar-refractivity contribution in [1.82, 2.24) is 4.72 Å². The van der Waals surface area contributed by atoms with Crippen molar-refractivity contribution in [1.29, 1.82) is 0 Å². The molecule has 29 heavy (non-hydrogen) atoms. The van der Waals surface area contributed by atoms with Crippen molar-refractivity contribution in [3.8, 4) is 0 Å². The number of carbonyl (C=O) groups excluding carboxylic acids is 1. The SMILES string of the molecule is COCc1ccc(C(=O)Nc2ccc(S(=O)(=O)NC3=NCCCCC3)cc2)cc1. The van der Waals surface area contributed by atoms with E-state index in [9.17, 15) is 13.2 Å². The van der Waals surface area contributed by atoms with Crippen molar-refractivity contribution in [2.45, 2.75) is 37.2 Å². The molecule has 0 spiro atoms. The number of methoxy groups -OCH3 is 1. The van der Waals surface area contributed by atoms with E-state index in [-0.39, 0.29) is 10.8 Å². The number of nitrogens with one attached hydrogen (secondary N) is 2. The lowest BCUT2D eigenvalue weighted by Crippen LogP contribution is -2.30. The average Bonchev–Trinajstić information content (AvgIpc) is 2.97. The van der Waals surface area contributed by atoms with Gasteiger partial charge >= 0.3 is 0 Å². The van der Waals surface area contributed by atoms with Gasteiger partial charge in [-0.2, -0.15) is 0 Å². The number of hydrogen-bond acceptors (Lipinski definition) is 5. The summed E-state index contributed by atoms with van der Waals surface area (Å²) in [6.07, 6.45) is 3.60. The molecule has 0 radical (unpaired) electrons. The maximum Gasteiger partial charge on any atom is 0.262 e. The molecule has 154 valence electrons. The lowest BCUT2D eigenvalue weighted by Gasteiger charge is -2.11. The Bertz CT molecular complexity index is 968. The number of benzene rings is 2. The molecular formula is C21H25N3O4S. The molecule has 1 aliphatic rings. The second-order valence-corrected chi connectivity index (χ2v) is 8.54. The molecule has 2 aromatic rings. The van der Waals surface area contributed by atoms with Gasteiger partial charge in [0.15, 0.2) is 0 Å². The van der Waals surface area contributed by atoms with Gasteiger partial charge in [-0.3, -0.25) is 14.5 Å². The number of sulfonamides is 1. The van der Waals surface area contributed by atoms with Crippen LogP contribution in [0.25, 0.3) is 0 Å². The van der Waals surface area contributed by atoms with E-state index in [0.29, 0.717) is 36.7 Å². The van der Waals surface area contributed by atoms with E-state index in [1.54, 1.807) is 31.4 Å². The van der Waals surface area contributed by atoms with Gasteiger partial charge in [-0.25, -0.2) is 8.42 Å². The Balaban J connectivity index is 1.64. The highest BCUT2D eigenvalue weighted by atomic mass is 32.2. The maximum atomic E-state index is 12.6. The fourth-order valence-corrected chi connectivity index (χ4v) is 4.10. The molecule has 0 unspecified atom stereocenters. The lowest BCUT2D eigenvalue weighted by atomic mass is 10.1. The molecule has 0 bridgehead atoms. The first-order valence-electron chi connectivity index (χ1n) is 9.53. The third kappa shape index (κ3) is 5.88. The van der Waals surface area contributed by atoms with E-state index in [2.05, 4.69) is 15.0 Å². The van der Waals surface area contributed by atoms with Crippen LogP contribution in [0.1, 0.15) is 41.6 Å². The Morgan fingerprint density at radius 3 is 2.45 bits per heavy atom. The molecule has 2 N–H and O–H groups in total. The number of anilines is 1. The van der Waals surface area contributed by atoms with Gasteiger partial charge in [0, 0.05) is 31.3 Å². The summed E-state index contributed by atoms with van der Waals surface area (Å²) in [7, 11) is -2.07. The van der Waals surface area contributed by atoms with E-state index in [1.165, 1.54) is 12.1 Å². The molecule has 0 saturated carbocycles. The smallest absolute Gasteiger partial charge is 0.262 e. The second-order valence-electron chi connectivity index (χ2n) is 6.85. The van der Waals surface area contributed by atoms with Crippen LogP contribution in [-0.4, -0.2) is 33.8 Å². The topological polar surface area (TPSA) is 96.9 Å². The molecule has 0 atom stereocenters. The number of amides is 1. The Labute approximate surface area is 171 Å². The predicted octanol–water partition coefficient (Wildman–Crippen LogP) is 3.34. The van der Waals surface area contributed by atoms with Crippen LogP contribution in [0, 0.1) is 0 Å². The number of ether oxygens (including phenoxy) is 1. The molecule has 3 rings (SSSR count). The summed E-state index contributed by atoms with van der Waals surface area (Å²) >= 11 is 0. The van der Waals surface area contributed by atoms with Crippen molar-refractivity contribution in [2.75, 3.05) is 19.0 Å². The van der Waals surface area contributed by atoms with Gasteiger partial charge < -0.3 is 10.1 Å². The molecule has 0 fully saturated rings. The average molecular weight is 416 g/mol. The van der Waals surface area contributed by atoms with Crippen molar-refractivity contribution >= 4 is 27.5 Å². The predicted molar refractivity (Wildman–Crippen MR) is 113 cm³/mol. The summed E-state index contributed by atoms with van der Waals surface area (Å²) in [6.45, 7) is 1.13. The zero-order chi connectivity index (χ0) is 20.7. The van der Waals surface area contributed by atoms with Crippen LogP contribution in [0.4, 0.5) is 5.69 Å². The van der Waals surface area contributed by atoms with Crippen LogP contribution >= 0.6 is 0 Å². The van der Waals surface area contributed by atoms with E-state index >= 15 is 0 Å². The highest BCUT2D eigenvalue weighted by Crippen LogP contribution is 2.16. The third-order valence-electron chi connectivity index (χ3n) is 4.58. The minimum absolute atomic E-state index is 0.131. The molecule has 0 saturated heterocycles. The Morgan fingerprint density at radius 2 is 1.76 bits per heavy atom. The second kappa shape index (κ2) is 9.67. The van der Waals surface area contributed by atoms with Crippen LogP contribution < -0.4 is 10.0 Å². The molecule has 7 nitrogen and oxygen atoms in total. The Morgan fingerprint density at radius 1 is 1.03 bits per heavy atom. The normalized spacial score (nSPS) is 14.6. The standard InChI is InChI=1S/C21H25N3O4S/c1-28-15-16-6-8-17(9-7-16)21(25)23-18-10-12-19(13-11-18)29(26,27)24-20-5-3-2-4-14-22-20/h6-13H,2-5,14-15H2,1H3,(H,22,24)(H,23,25). The van der Waals surface area contributed by atoms with Crippen LogP contribution in [0.3, 0.4) is 0 Å². The number of aliphatic imine (C=N–C) groups is 1. The zero-order valence-electron chi connectivity index (χ0n) is 16.3. The van der Waals surface area contributed by atoms with E-state index in [1.807, 2.05) is 12.1 Å². The lowest BCUT2D eigenvalue weighted by molar-refractivity contribution is 0.102. The van der Waals surface area contributed by atoms with Gasteiger partial charge in [0.2, 0.25) is 0 Å². The van der Waals surface area contributed by atoms with E-state index in [0.717, 1.165) is 24.8 Å². The Kier molecular flexibility index (Phi) is 7.00. The number of nitrogens with zero attached hydrogens (tertiary/aromatic N) is 1. The van der Waals surface area contributed by atoms with Crippen molar-refractivity contribution in [3.63, 3.8) is 0 Å². The molecular weight excluding hydrogens is 390 g/mol. The fourth-order valence-electron chi connectivity index (χ4n) is 3.01. The largest absolute Gasteiger partial charge is 0.380 e. The molecule has 1 aliphatic heterocycles. The van der Waals surface area contributed by atoms with Crippen LogP contribution in [0.2, 0.25) is 0 Å². The first-order chi connectivity index (χ1) is 14.0. The first kappa shape index (κ1) is 21.0. The number of amidine groups is 1. The summed E-state index contributed by atoms with van der Waals surface area (Å²) in [5, 5.41) is 2.77. The van der Waals surface area contributed by atoms with Gasteiger partial charge in [-0.1, -0.05) is 18.6 Å². The van der Waals surface area contributed by atoms with Crippen molar-refractivity contribution in [3.05, 3.63) is 59.7 Å². The first-order valence-corrected chi connectivity index (χ1v) is 11.0. The highest BCUT2D eigenvalue weighted by molar-refractivity contribution is 7.90. The van der Waals surface area contributed by atoms with Gasteiger partial charge in [0.25, 0.3) is 15.9 Å². The Hall–Kier alpha value is -2.71. The summed E-state index contributed by atoms with van der Waals surface area (Å²) in [4.78, 5) is 16.8. The summed E-state index contributed by atoms with van der Waals surface area (Å²) in [6, 6.07) is 13.2. The van der Waals surface area contributed by atoms with Gasteiger partial charge in [-0.05, 0) is 54.8 Å². The quantitative estimate of drug-likeness (QED) is 0.756. The summed E-state index contributed by atoms with van der Waals surface area (Å²) < 4.78 is 32.8. The maximum absolute atomic E-state index is 12.6. The number of hydrogen-bond donors (Lipinski definition) is 2. The van der Waals surface area contributed by atoms with Gasteiger partial charge in [0.05, 0.1) is 11.5 Å². The van der Waals surface area contributed by atoms with Crippen LogP contribution in [-0.2, 0) is 21.4 Å². The number of carbonyl (C=O) groups is 1. The molecule has 8 heteroatoms. The molecule has 2 aromatic carbocycles. The van der Waals surface area contributed by atoms with Crippen LogP contribution in [0.5, 0.6) is 0 Å². The van der Waals surface area contributed by atoms with Crippen molar-refractivity contribution < 1.29 is 17.9 Å². The third-order valence-corrected chi connectivity index (χ3v) is 5.97. The minimum atomic E-state index is -3.69. The zero-order valence-corrected chi connectivity index (χ0v) is 17.2. The summed E-state index contributed by atoms with van der Waals surface area (Å²) in [5.74, 6) is 0.243. The summed E-state index contributed by atoms with van der Waals surface area (Å²) in [5.41, 5.74) is 2.00. The molecule has 1 amide bonds. The molecule has 0 aromatic heterocycles. The van der Waals surface area contributed by atoms with E-state index in [4.69, 9.17) is 4.74 Å². The fraction of sp³-hybridized carbons (Fsp3) is 0.333. The number of rotatable bonds is 6. The van der Waals surface area contributed by atoms with Crippen molar-refractivity contribution in [2.24, 2.45) is 4.99 Å². The van der Waals surface area contributed by atoms with Gasteiger partial charge in [0.1, 0.15) is 5.84 Å². The minimum Gasteiger partial charge on any atom is -0.380 e. The van der Waals surface area contributed by atoms with E-state index < -0.39 is 10.0 Å². The highest BCUT2D eigenvalue weighted by Gasteiger charge is 2.17. The molecule has 0 aliphatic carbocycles. The molecule has 1 heterocycles.